The van der Waals surface area contributed by atoms with E-state index in [0.29, 0.717) is 26.3 Å². The minimum atomic E-state index is -0.449. The Labute approximate surface area is 164 Å². The van der Waals surface area contributed by atoms with E-state index in [1.165, 1.54) is 24.9 Å². The Morgan fingerprint density at radius 3 is 2.70 bits per heavy atom. The van der Waals surface area contributed by atoms with E-state index in [1.54, 1.807) is 42.5 Å². The number of thioether (sulfide) groups is 1. The van der Waals surface area contributed by atoms with E-state index in [1.807, 2.05) is 0 Å². The molecule has 0 unspecified atom stereocenters. The third kappa shape index (κ3) is 4.44. The number of nitrogens with zero attached hydrogens (tertiary/aromatic N) is 1. The second-order valence-corrected chi connectivity index (χ2v) is 7.16. The number of benzene rings is 2. The summed E-state index contributed by atoms with van der Waals surface area (Å²) in [7, 11) is 1.50. The number of hydrogen-bond donors (Lipinski definition) is 1. The zero-order valence-electron chi connectivity index (χ0n) is 14.1. The third-order valence-corrected chi connectivity index (χ3v) is 4.86. The molecule has 2 aromatic carbocycles. The number of para-hydroxylation sites is 1. The van der Waals surface area contributed by atoms with Gasteiger partial charge in [0.05, 0.1) is 22.5 Å². The summed E-state index contributed by atoms with van der Waals surface area (Å²) < 4.78 is 11.5. The summed E-state index contributed by atoms with van der Waals surface area (Å²) in [5.74, 6) is 0.647. The van der Waals surface area contributed by atoms with Crippen molar-refractivity contribution >= 4 is 46.0 Å². The van der Waals surface area contributed by atoms with Gasteiger partial charge in [-0.3, -0.25) is 14.9 Å². The lowest BCUT2D eigenvalue weighted by Gasteiger charge is -2.12. The van der Waals surface area contributed by atoms with Crippen molar-refractivity contribution < 1.29 is 19.2 Å². The van der Waals surface area contributed by atoms with E-state index < -0.39 is 4.92 Å². The fourth-order valence-electron chi connectivity index (χ4n) is 2.43. The summed E-state index contributed by atoms with van der Waals surface area (Å²) in [5.41, 5.74) is 1.15. The van der Waals surface area contributed by atoms with Crippen LogP contribution in [0.5, 0.6) is 11.5 Å². The third-order valence-electron chi connectivity index (χ3n) is 3.70. The largest absolute Gasteiger partial charge is 0.493 e. The summed E-state index contributed by atoms with van der Waals surface area (Å²) >= 11 is 6.16. The highest BCUT2D eigenvalue weighted by molar-refractivity contribution is 8.26. The van der Waals surface area contributed by atoms with Crippen LogP contribution in [-0.4, -0.2) is 22.3 Å². The predicted molar refractivity (Wildman–Crippen MR) is 107 cm³/mol. The molecule has 9 heteroatoms. The van der Waals surface area contributed by atoms with Crippen LogP contribution < -0.4 is 14.8 Å². The first kappa shape index (κ1) is 18.9. The minimum Gasteiger partial charge on any atom is -0.493 e. The van der Waals surface area contributed by atoms with Gasteiger partial charge in [0.2, 0.25) is 0 Å². The molecule has 1 heterocycles. The number of hydrogen-bond acceptors (Lipinski definition) is 7. The van der Waals surface area contributed by atoms with Crippen molar-refractivity contribution in [2.45, 2.75) is 6.61 Å². The Kier molecular flexibility index (Phi) is 5.72. The van der Waals surface area contributed by atoms with Crippen molar-refractivity contribution in [3.63, 3.8) is 0 Å². The first-order valence-corrected chi connectivity index (χ1v) is 8.98. The number of nitrogens with one attached hydrogen (secondary N) is 1. The van der Waals surface area contributed by atoms with Crippen LogP contribution in [0, 0.1) is 10.1 Å². The molecule has 3 rings (SSSR count). The summed E-state index contributed by atoms with van der Waals surface area (Å²) in [6.45, 7) is 0.00681. The molecule has 1 aliphatic rings. The number of ether oxygens (including phenoxy) is 2. The molecule has 0 saturated carbocycles. The first-order valence-electron chi connectivity index (χ1n) is 7.76. The van der Waals surface area contributed by atoms with Crippen LogP contribution in [0.4, 0.5) is 5.69 Å². The molecule has 138 valence electrons. The van der Waals surface area contributed by atoms with Crippen LogP contribution in [0.15, 0.2) is 47.4 Å². The molecule has 0 bridgehead atoms. The normalized spacial score (nSPS) is 14.9. The number of methoxy groups -OCH3 is 1. The first-order chi connectivity index (χ1) is 13.0. The fourth-order valence-corrected chi connectivity index (χ4v) is 3.48. The molecule has 2 aromatic rings. The van der Waals surface area contributed by atoms with Gasteiger partial charge in [-0.05, 0) is 29.8 Å². The van der Waals surface area contributed by atoms with Crippen molar-refractivity contribution in [3.8, 4) is 11.5 Å². The molecule has 0 spiro atoms. The topological polar surface area (TPSA) is 90.7 Å². The van der Waals surface area contributed by atoms with Crippen molar-refractivity contribution in [3.05, 3.63) is 68.6 Å². The zero-order valence-corrected chi connectivity index (χ0v) is 15.8. The highest BCUT2D eigenvalue weighted by Gasteiger charge is 2.22. The number of nitro benzene ring substituents is 1. The van der Waals surface area contributed by atoms with Crippen molar-refractivity contribution in [1.29, 1.82) is 0 Å². The van der Waals surface area contributed by atoms with Crippen molar-refractivity contribution in [1.82, 2.24) is 5.32 Å². The Morgan fingerprint density at radius 1 is 1.26 bits per heavy atom. The van der Waals surface area contributed by atoms with E-state index in [-0.39, 0.29) is 18.2 Å². The highest BCUT2D eigenvalue weighted by atomic mass is 32.2. The smallest absolute Gasteiger partial charge is 0.276 e. The molecule has 0 aromatic heterocycles. The molecule has 1 fully saturated rings. The Morgan fingerprint density at radius 2 is 2.04 bits per heavy atom. The van der Waals surface area contributed by atoms with E-state index in [2.05, 4.69) is 5.32 Å². The Hall–Kier alpha value is -2.91. The fraction of sp³-hybridized carbons (Fsp3) is 0.111. The van der Waals surface area contributed by atoms with Gasteiger partial charge in [0, 0.05) is 6.07 Å². The summed E-state index contributed by atoms with van der Waals surface area (Å²) in [6, 6.07) is 11.6. The summed E-state index contributed by atoms with van der Waals surface area (Å²) in [6.07, 6.45) is 1.69. The average molecular weight is 402 g/mol. The number of rotatable bonds is 6. The van der Waals surface area contributed by atoms with Crippen LogP contribution in [0.3, 0.4) is 0 Å². The number of nitro groups is 1. The van der Waals surface area contributed by atoms with Gasteiger partial charge in [0.1, 0.15) is 10.9 Å². The molecule has 0 atom stereocenters. The van der Waals surface area contributed by atoms with Gasteiger partial charge in [0.15, 0.2) is 11.5 Å². The van der Waals surface area contributed by atoms with Gasteiger partial charge >= 0.3 is 0 Å². The zero-order chi connectivity index (χ0) is 19.4. The van der Waals surface area contributed by atoms with Crippen LogP contribution in [0.2, 0.25) is 0 Å². The van der Waals surface area contributed by atoms with Gasteiger partial charge in [-0.15, -0.1) is 0 Å². The van der Waals surface area contributed by atoms with Crippen LogP contribution in [-0.2, 0) is 11.4 Å². The van der Waals surface area contributed by atoms with Gasteiger partial charge < -0.3 is 14.8 Å². The lowest BCUT2D eigenvalue weighted by molar-refractivity contribution is -0.385. The van der Waals surface area contributed by atoms with Gasteiger partial charge in [-0.1, -0.05) is 42.2 Å². The maximum Gasteiger partial charge on any atom is 0.276 e. The van der Waals surface area contributed by atoms with Crippen LogP contribution >= 0.6 is 24.0 Å². The van der Waals surface area contributed by atoms with Crippen LogP contribution in [0.25, 0.3) is 6.08 Å². The second-order valence-electron chi connectivity index (χ2n) is 5.44. The van der Waals surface area contributed by atoms with Crippen molar-refractivity contribution in [2.75, 3.05) is 7.11 Å². The Bertz CT molecular complexity index is 959. The van der Waals surface area contributed by atoms with E-state index in [4.69, 9.17) is 21.7 Å². The van der Waals surface area contributed by atoms with E-state index in [9.17, 15) is 14.9 Å². The molecular formula is C18H14N2O5S2. The number of carbonyl (C=O) groups is 1. The van der Waals surface area contributed by atoms with E-state index >= 15 is 0 Å². The predicted octanol–water partition coefficient (Wildman–Crippen LogP) is 3.67. The molecular weight excluding hydrogens is 388 g/mol. The average Bonchev–Trinajstić information content (AvgIpc) is 2.97. The van der Waals surface area contributed by atoms with Crippen molar-refractivity contribution in [2.24, 2.45) is 0 Å². The maximum atomic E-state index is 11.8. The number of carbonyl (C=O) groups excluding carboxylic acids is 1. The highest BCUT2D eigenvalue weighted by Crippen LogP contribution is 2.32. The molecule has 1 N–H and O–H groups in total. The van der Waals surface area contributed by atoms with Gasteiger partial charge in [-0.25, -0.2) is 0 Å². The molecule has 27 heavy (non-hydrogen) atoms. The quantitative estimate of drug-likeness (QED) is 0.341. The standard InChI is InChI=1S/C18H14N2O5S2/c1-24-14-7-6-11(9-16-17(21)19-18(26)27-16)8-15(14)25-10-12-4-2-3-5-13(12)20(22)23/h2-9H,10H2,1H3,(H,19,21,26). The van der Waals surface area contributed by atoms with Gasteiger partial charge in [-0.2, -0.15) is 0 Å². The summed E-state index contributed by atoms with van der Waals surface area (Å²) in [4.78, 5) is 23.0. The minimum absolute atomic E-state index is 0.00681. The van der Waals surface area contributed by atoms with E-state index in [0.717, 1.165) is 5.56 Å². The lowest BCUT2D eigenvalue weighted by Crippen LogP contribution is -2.17. The molecule has 1 saturated heterocycles. The molecule has 1 amide bonds. The lowest BCUT2D eigenvalue weighted by atomic mass is 10.1. The molecule has 0 aliphatic carbocycles. The molecule has 7 nitrogen and oxygen atoms in total. The number of amides is 1. The molecule has 1 aliphatic heterocycles. The number of thiocarbonyl (C=S) groups is 1. The second kappa shape index (κ2) is 8.19. The SMILES string of the molecule is COc1ccc(C=C2SC(=S)NC2=O)cc1OCc1ccccc1[N+](=O)[O-]. The molecule has 0 radical (unpaired) electrons. The summed E-state index contributed by atoms with van der Waals surface area (Å²) in [5, 5.41) is 13.7. The monoisotopic (exact) mass is 402 g/mol. The maximum absolute atomic E-state index is 11.8. The Balaban J connectivity index is 1.85. The van der Waals surface area contributed by atoms with Crippen LogP contribution in [0.1, 0.15) is 11.1 Å². The van der Waals surface area contributed by atoms with Gasteiger partial charge in [0.25, 0.3) is 11.6 Å².